The van der Waals surface area contributed by atoms with Gasteiger partial charge in [0.1, 0.15) is 18.3 Å². The van der Waals surface area contributed by atoms with E-state index < -0.39 is 37.3 Å². The first kappa shape index (κ1) is 15.1. The second kappa shape index (κ2) is 6.84. The number of nitrogens with zero attached hydrogens (tertiary/aromatic N) is 1. The van der Waals surface area contributed by atoms with E-state index in [0.29, 0.717) is 19.0 Å². The van der Waals surface area contributed by atoms with Crippen molar-refractivity contribution >= 4 is 11.6 Å². The van der Waals surface area contributed by atoms with Crippen LogP contribution in [-0.2, 0) is 4.74 Å². The number of hydrogen-bond donors (Lipinski definition) is 4. The molecule has 0 bridgehead atoms. The van der Waals surface area contributed by atoms with Gasteiger partial charge < -0.3 is 25.2 Å². The van der Waals surface area contributed by atoms with Crippen LogP contribution in [0, 0.1) is 0 Å². The summed E-state index contributed by atoms with van der Waals surface area (Å²) in [4.78, 5) is 1.76. The second-order valence-electron chi connectivity index (χ2n) is 4.04. The van der Waals surface area contributed by atoms with Crippen molar-refractivity contribution in [3.63, 3.8) is 0 Å². The summed E-state index contributed by atoms with van der Waals surface area (Å²) < 4.78 is 4.91. The fraction of sp³-hybridized carbons (Fsp3) is 1.00. The van der Waals surface area contributed by atoms with E-state index in [1.165, 1.54) is 0 Å². The zero-order valence-electron chi connectivity index (χ0n) is 9.74. The molecule has 0 amide bonds. The average Bonchev–Trinajstić information content (AvgIpc) is 2.32. The molecule has 1 aliphatic rings. The first-order valence-corrected chi connectivity index (χ1v) is 6.20. The van der Waals surface area contributed by atoms with Gasteiger partial charge in [0.2, 0.25) is 0 Å². The Morgan fingerprint density at radius 1 is 1.24 bits per heavy atom. The van der Waals surface area contributed by atoms with Crippen molar-refractivity contribution in [3.8, 4) is 0 Å². The molecule has 5 atom stereocenters. The van der Waals surface area contributed by atoms with E-state index in [0.717, 1.165) is 0 Å². The maximum absolute atomic E-state index is 10.0. The summed E-state index contributed by atoms with van der Waals surface area (Å²) in [5.41, 5.74) is 0. The number of alkyl halides is 1. The third-order valence-electron chi connectivity index (χ3n) is 3.07. The molecule has 1 fully saturated rings. The molecule has 0 radical (unpaired) electrons. The molecule has 1 rings (SSSR count). The van der Waals surface area contributed by atoms with Gasteiger partial charge in [0.25, 0.3) is 0 Å². The number of likely N-dealkylation sites (N-methyl/N-ethyl adjacent to an activating group) is 1. The Kier molecular flexibility index (Phi) is 6.08. The van der Waals surface area contributed by atoms with E-state index >= 15 is 0 Å². The molecule has 17 heavy (non-hydrogen) atoms. The highest BCUT2D eigenvalue weighted by molar-refractivity contribution is 6.18. The Bertz CT molecular complexity index is 231. The number of aliphatic hydroxyl groups excluding tert-OH is 4. The summed E-state index contributed by atoms with van der Waals surface area (Å²) in [6.07, 6.45) is -4.61. The van der Waals surface area contributed by atoms with Crippen LogP contribution in [-0.4, -0.2) is 81.5 Å². The highest BCUT2D eigenvalue weighted by atomic mass is 35.5. The van der Waals surface area contributed by atoms with E-state index in [-0.39, 0.29) is 0 Å². The van der Waals surface area contributed by atoms with Crippen molar-refractivity contribution in [2.45, 2.75) is 37.6 Å². The van der Waals surface area contributed by atoms with Crippen molar-refractivity contribution in [3.05, 3.63) is 0 Å². The number of rotatable bonds is 5. The van der Waals surface area contributed by atoms with Gasteiger partial charge in [-0.1, -0.05) is 6.92 Å². The Morgan fingerprint density at radius 2 is 1.88 bits per heavy atom. The topological polar surface area (TPSA) is 93.4 Å². The molecule has 1 saturated heterocycles. The Morgan fingerprint density at radius 3 is 2.35 bits per heavy atom. The van der Waals surface area contributed by atoms with Crippen molar-refractivity contribution in [1.82, 2.24) is 4.90 Å². The quantitative estimate of drug-likeness (QED) is 0.447. The fourth-order valence-electron chi connectivity index (χ4n) is 2.14. The molecule has 1 unspecified atom stereocenters. The third-order valence-corrected chi connectivity index (χ3v) is 3.24. The largest absolute Gasteiger partial charge is 0.394 e. The van der Waals surface area contributed by atoms with Crippen LogP contribution < -0.4 is 0 Å². The van der Waals surface area contributed by atoms with Crippen LogP contribution in [0.4, 0.5) is 0 Å². The van der Waals surface area contributed by atoms with Crippen LogP contribution in [0.25, 0.3) is 0 Å². The van der Waals surface area contributed by atoms with Gasteiger partial charge in [-0.2, -0.15) is 0 Å². The van der Waals surface area contributed by atoms with E-state index in [2.05, 4.69) is 0 Å². The SMILES string of the molecule is CCN(CCCl)[C@@H]1[C@H](O)[C@@H](CO)OC(O)[C@@H]1O. The first-order valence-electron chi connectivity index (χ1n) is 5.67. The highest BCUT2D eigenvalue weighted by Crippen LogP contribution is 2.24. The smallest absolute Gasteiger partial charge is 0.183 e. The molecule has 0 aliphatic carbocycles. The summed E-state index contributed by atoms with van der Waals surface area (Å²) in [6, 6.07) is -0.695. The molecular formula is C10H20ClNO5. The molecule has 102 valence electrons. The molecule has 7 heteroatoms. The van der Waals surface area contributed by atoms with Crippen molar-refractivity contribution in [2.24, 2.45) is 0 Å². The van der Waals surface area contributed by atoms with Crippen molar-refractivity contribution in [1.29, 1.82) is 0 Å². The summed E-state index contributed by atoms with van der Waals surface area (Å²) in [6.45, 7) is 2.49. The van der Waals surface area contributed by atoms with Crippen LogP contribution in [0.3, 0.4) is 0 Å². The standard InChI is InChI=1S/C10H20ClNO5/c1-2-12(4-3-11)7-8(14)6(5-13)17-10(16)9(7)15/h6-10,13-16H,2-5H2,1H3/t6-,7-,8-,9-,10?/m1/s1. The molecular weight excluding hydrogens is 250 g/mol. The molecule has 6 nitrogen and oxygen atoms in total. The predicted molar refractivity (Wildman–Crippen MR) is 61.7 cm³/mol. The molecule has 0 spiro atoms. The van der Waals surface area contributed by atoms with Crippen molar-refractivity contribution in [2.75, 3.05) is 25.6 Å². The predicted octanol–water partition coefficient (Wildman–Crippen LogP) is -1.65. The minimum Gasteiger partial charge on any atom is -0.394 e. The Labute approximate surface area is 105 Å². The summed E-state index contributed by atoms with van der Waals surface area (Å²) >= 11 is 5.65. The van der Waals surface area contributed by atoms with E-state index in [4.69, 9.17) is 21.4 Å². The van der Waals surface area contributed by atoms with E-state index in [1.807, 2.05) is 6.92 Å². The van der Waals surface area contributed by atoms with Gasteiger partial charge in [-0.25, -0.2) is 0 Å². The highest BCUT2D eigenvalue weighted by Gasteiger charge is 2.45. The fourth-order valence-corrected chi connectivity index (χ4v) is 2.36. The summed E-state index contributed by atoms with van der Waals surface area (Å²) in [5, 5.41) is 38.4. The monoisotopic (exact) mass is 269 g/mol. The number of hydrogen-bond acceptors (Lipinski definition) is 6. The lowest BCUT2D eigenvalue weighted by Crippen LogP contribution is -2.64. The van der Waals surface area contributed by atoms with E-state index in [9.17, 15) is 15.3 Å². The molecule has 4 N–H and O–H groups in total. The molecule has 1 aliphatic heterocycles. The lowest BCUT2D eigenvalue weighted by Gasteiger charge is -2.45. The molecule has 1 heterocycles. The zero-order valence-corrected chi connectivity index (χ0v) is 10.5. The van der Waals surface area contributed by atoms with Crippen LogP contribution in [0.2, 0.25) is 0 Å². The van der Waals surface area contributed by atoms with Gasteiger partial charge in [0.15, 0.2) is 6.29 Å². The summed E-state index contributed by atoms with van der Waals surface area (Å²) in [5.74, 6) is 0.352. The number of ether oxygens (including phenoxy) is 1. The third kappa shape index (κ3) is 3.29. The van der Waals surface area contributed by atoms with Gasteiger partial charge >= 0.3 is 0 Å². The second-order valence-corrected chi connectivity index (χ2v) is 4.41. The number of aliphatic hydroxyl groups is 4. The maximum atomic E-state index is 10.0. The van der Waals surface area contributed by atoms with Gasteiger partial charge in [0.05, 0.1) is 12.6 Å². The molecule has 0 aromatic carbocycles. The first-order chi connectivity index (χ1) is 8.06. The Balaban J connectivity index is 2.83. The molecule has 0 aromatic rings. The summed E-state index contributed by atoms with van der Waals surface area (Å²) in [7, 11) is 0. The minimum atomic E-state index is -1.41. The maximum Gasteiger partial charge on any atom is 0.183 e. The number of halogens is 1. The van der Waals surface area contributed by atoms with Crippen LogP contribution in [0.15, 0.2) is 0 Å². The van der Waals surface area contributed by atoms with Gasteiger partial charge in [0, 0.05) is 12.4 Å². The molecule has 0 saturated carbocycles. The van der Waals surface area contributed by atoms with Crippen LogP contribution in [0.5, 0.6) is 0 Å². The van der Waals surface area contributed by atoms with Crippen LogP contribution >= 0.6 is 11.6 Å². The lowest BCUT2D eigenvalue weighted by molar-refractivity contribution is -0.275. The average molecular weight is 270 g/mol. The molecule has 0 aromatic heterocycles. The Hall–Kier alpha value is 0.0500. The zero-order chi connectivity index (χ0) is 13.0. The van der Waals surface area contributed by atoms with Gasteiger partial charge in [-0.15, -0.1) is 11.6 Å². The van der Waals surface area contributed by atoms with E-state index in [1.54, 1.807) is 4.90 Å². The van der Waals surface area contributed by atoms with Gasteiger partial charge in [-0.05, 0) is 6.54 Å². The van der Waals surface area contributed by atoms with Crippen molar-refractivity contribution < 1.29 is 25.2 Å². The minimum absolute atomic E-state index is 0.352. The van der Waals surface area contributed by atoms with Gasteiger partial charge in [-0.3, -0.25) is 4.90 Å². The normalized spacial score (nSPS) is 38.6. The lowest BCUT2D eigenvalue weighted by atomic mass is 9.94. The van der Waals surface area contributed by atoms with Crippen LogP contribution in [0.1, 0.15) is 6.92 Å².